The van der Waals surface area contributed by atoms with Crippen molar-refractivity contribution in [1.29, 1.82) is 5.26 Å². The average molecular weight is 369 g/mol. The number of carbonyl (C=O) groups excluding carboxylic acids is 1. The van der Waals surface area contributed by atoms with Gasteiger partial charge in [0.25, 0.3) is 5.91 Å². The third kappa shape index (κ3) is 4.01. The maximum Gasteiger partial charge on any atom is 0.276 e. The van der Waals surface area contributed by atoms with E-state index in [0.717, 1.165) is 6.07 Å². The number of halogens is 3. The summed E-state index contributed by atoms with van der Waals surface area (Å²) in [6.07, 6.45) is 0. The zero-order chi connectivity index (χ0) is 19.4. The molecule has 0 unspecified atom stereocenters. The van der Waals surface area contributed by atoms with Crippen LogP contribution in [0.1, 0.15) is 16.1 Å². The van der Waals surface area contributed by atoms with Gasteiger partial charge in [-0.15, -0.1) is 10.2 Å². The molecule has 1 amide bonds. The van der Waals surface area contributed by atoms with Crippen LogP contribution in [0.25, 0.3) is 0 Å². The number of nitriles is 1. The predicted octanol–water partition coefficient (Wildman–Crippen LogP) is 3.76. The molecule has 0 spiro atoms. The van der Waals surface area contributed by atoms with E-state index < -0.39 is 29.0 Å². The fourth-order valence-corrected chi connectivity index (χ4v) is 2.14. The van der Waals surface area contributed by atoms with Crippen molar-refractivity contribution in [2.45, 2.75) is 0 Å². The summed E-state index contributed by atoms with van der Waals surface area (Å²) < 4.78 is 39.7. The van der Waals surface area contributed by atoms with Gasteiger partial charge in [0.05, 0.1) is 17.3 Å². The minimum atomic E-state index is -1.68. The second-order valence-corrected chi connectivity index (χ2v) is 5.30. The summed E-state index contributed by atoms with van der Waals surface area (Å²) in [6, 6.07) is 13.0. The van der Waals surface area contributed by atoms with Crippen LogP contribution in [-0.4, -0.2) is 16.1 Å². The van der Waals surface area contributed by atoms with Crippen molar-refractivity contribution in [2.75, 3.05) is 10.6 Å². The number of nitrogens with one attached hydrogen (secondary N) is 2. The third-order valence-electron chi connectivity index (χ3n) is 3.44. The highest BCUT2D eigenvalue weighted by Gasteiger charge is 2.17. The van der Waals surface area contributed by atoms with E-state index in [2.05, 4.69) is 20.8 Å². The number of nitrogens with zero attached hydrogens (tertiary/aromatic N) is 3. The topological polar surface area (TPSA) is 90.7 Å². The van der Waals surface area contributed by atoms with Gasteiger partial charge in [0.1, 0.15) is 0 Å². The molecule has 1 aromatic heterocycles. The Hall–Kier alpha value is -3.93. The third-order valence-corrected chi connectivity index (χ3v) is 3.44. The Morgan fingerprint density at radius 1 is 1.00 bits per heavy atom. The lowest BCUT2D eigenvalue weighted by Crippen LogP contribution is -2.16. The first-order valence-corrected chi connectivity index (χ1v) is 7.53. The highest BCUT2D eigenvalue weighted by atomic mass is 19.2. The van der Waals surface area contributed by atoms with Crippen molar-refractivity contribution in [3.8, 4) is 6.07 Å². The van der Waals surface area contributed by atoms with Crippen LogP contribution in [0.5, 0.6) is 0 Å². The summed E-state index contributed by atoms with van der Waals surface area (Å²) >= 11 is 0. The van der Waals surface area contributed by atoms with Gasteiger partial charge in [0.2, 0.25) is 0 Å². The van der Waals surface area contributed by atoms with E-state index in [-0.39, 0.29) is 5.69 Å². The van der Waals surface area contributed by atoms with Crippen molar-refractivity contribution in [3.63, 3.8) is 0 Å². The Labute approximate surface area is 151 Å². The molecule has 3 rings (SSSR count). The molecule has 2 N–H and O–H groups in total. The predicted molar refractivity (Wildman–Crippen MR) is 90.7 cm³/mol. The molecule has 0 saturated heterocycles. The zero-order valence-corrected chi connectivity index (χ0v) is 13.5. The number of aromatic nitrogens is 2. The molecule has 9 heteroatoms. The molecule has 0 saturated carbocycles. The molecule has 1 heterocycles. The van der Waals surface area contributed by atoms with Gasteiger partial charge in [-0.05, 0) is 42.5 Å². The summed E-state index contributed by atoms with van der Waals surface area (Å²) in [6.45, 7) is 0. The molecule has 3 aromatic rings. The van der Waals surface area contributed by atoms with Gasteiger partial charge in [0, 0.05) is 5.69 Å². The van der Waals surface area contributed by atoms with Gasteiger partial charge >= 0.3 is 0 Å². The molecular formula is C18H10F3N5O. The molecule has 0 radical (unpaired) electrons. The molecule has 0 bridgehead atoms. The highest BCUT2D eigenvalue weighted by molar-refractivity contribution is 6.02. The zero-order valence-electron chi connectivity index (χ0n) is 13.5. The fourth-order valence-electron chi connectivity index (χ4n) is 2.14. The van der Waals surface area contributed by atoms with Crippen LogP contribution in [0.15, 0.2) is 48.5 Å². The van der Waals surface area contributed by atoms with Gasteiger partial charge in [-0.1, -0.05) is 6.07 Å². The largest absolute Gasteiger partial charge is 0.339 e. The first kappa shape index (κ1) is 17.9. The monoisotopic (exact) mass is 369 g/mol. The lowest BCUT2D eigenvalue weighted by molar-refractivity contribution is 0.102. The summed E-state index contributed by atoms with van der Waals surface area (Å²) in [4.78, 5) is 12.1. The van der Waals surface area contributed by atoms with Crippen molar-refractivity contribution in [1.82, 2.24) is 10.2 Å². The number of anilines is 3. The van der Waals surface area contributed by atoms with Gasteiger partial charge in [-0.2, -0.15) is 5.26 Å². The van der Waals surface area contributed by atoms with Gasteiger partial charge < -0.3 is 10.6 Å². The SMILES string of the molecule is N#Cc1cccc(Nc2ccc(C(=O)Nc3ccc(F)c(F)c3F)nn2)c1. The van der Waals surface area contributed by atoms with Crippen LogP contribution in [0.4, 0.5) is 30.4 Å². The Bertz CT molecular complexity index is 1050. The molecule has 0 atom stereocenters. The van der Waals surface area contributed by atoms with E-state index in [0.29, 0.717) is 23.1 Å². The number of rotatable bonds is 4. The minimum absolute atomic E-state index is 0.157. The van der Waals surface area contributed by atoms with Crippen LogP contribution in [0, 0.1) is 28.8 Å². The molecule has 0 aliphatic heterocycles. The Balaban J connectivity index is 1.72. The summed E-state index contributed by atoms with van der Waals surface area (Å²) in [5, 5.41) is 21.4. The second kappa shape index (κ2) is 7.53. The average Bonchev–Trinajstić information content (AvgIpc) is 2.69. The van der Waals surface area contributed by atoms with E-state index in [4.69, 9.17) is 5.26 Å². The van der Waals surface area contributed by atoms with E-state index in [1.54, 1.807) is 24.3 Å². The summed E-state index contributed by atoms with van der Waals surface area (Å²) in [5.74, 6) is -5.09. The van der Waals surface area contributed by atoms with Crippen LogP contribution in [0.3, 0.4) is 0 Å². The number of hydrogen-bond donors (Lipinski definition) is 2. The molecule has 0 fully saturated rings. The molecule has 6 nitrogen and oxygen atoms in total. The number of benzene rings is 2. The van der Waals surface area contributed by atoms with Crippen LogP contribution in [0.2, 0.25) is 0 Å². The normalized spacial score (nSPS) is 10.1. The van der Waals surface area contributed by atoms with Crippen LogP contribution < -0.4 is 10.6 Å². The van der Waals surface area contributed by atoms with Crippen molar-refractivity contribution in [3.05, 3.63) is 77.2 Å². The maximum absolute atomic E-state index is 13.6. The molecule has 0 aliphatic carbocycles. The van der Waals surface area contributed by atoms with Gasteiger partial charge in [0.15, 0.2) is 29.0 Å². The van der Waals surface area contributed by atoms with Crippen LogP contribution in [-0.2, 0) is 0 Å². The first-order valence-electron chi connectivity index (χ1n) is 7.53. The molecule has 134 valence electrons. The van der Waals surface area contributed by atoms with E-state index in [9.17, 15) is 18.0 Å². The Morgan fingerprint density at radius 2 is 1.81 bits per heavy atom. The lowest BCUT2D eigenvalue weighted by atomic mass is 10.2. The fraction of sp³-hybridized carbons (Fsp3) is 0. The number of amides is 1. The molecule has 0 aliphatic rings. The van der Waals surface area contributed by atoms with Gasteiger partial charge in [-0.3, -0.25) is 4.79 Å². The minimum Gasteiger partial charge on any atom is -0.339 e. The number of carbonyl (C=O) groups is 1. The Kier molecular flexibility index (Phi) is 4.99. The van der Waals surface area contributed by atoms with Crippen LogP contribution >= 0.6 is 0 Å². The van der Waals surface area contributed by atoms with E-state index in [1.807, 2.05) is 6.07 Å². The van der Waals surface area contributed by atoms with E-state index in [1.165, 1.54) is 12.1 Å². The summed E-state index contributed by atoms with van der Waals surface area (Å²) in [7, 11) is 0. The molecule has 2 aromatic carbocycles. The smallest absolute Gasteiger partial charge is 0.276 e. The maximum atomic E-state index is 13.6. The highest BCUT2D eigenvalue weighted by Crippen LogP contribution is 2.20. The summed E-state index contributed by atoms with van der Waals surface area (Å²) in [5.41, 5.74) is 0.383. The molecule has 27 heavy (non-hydrogen) atoms. The van der Waals surface area contributed by atoms with Crippen molar-refractivity contribution < 1.29 is 18.0 Å². The van der Waals surface area contributed by atoms with Gasteiger partial charge in [-0.25, -0.2) is 13.2 Å². The quantitative estimate of drug-likeness (QED) is 0.684. The van der Waals surface area contributed by atoms with Crippen molar-refractivity contribution in [2.24, 2.45) is 0 Å². The first-order chi connectivity index (χ1) is 13.0. The molecular weight excluding hydrogens is 359 g/mol. The second-order valence-electron chi connectivity index (χ2n) is 5.30. The standard InChI is InChI=1S/C18H10F3N5O/c19-12-4-5-13(17(21)16(12)20)24-18(27)14-6-7-15(26-25-14)23-11-3-1-2-10(8-11)9-22/h1-8H,(H,23,26)(H,24,27). The lowest BCUT2D eigenvalue weighted by Gasteiger charge is -2.08. The Morgan fingerprint density at radius 3 is 2.52 bits per heavy atom. The van der Waals surface area contributed by atoms with Crippen molar-refractivity contribution >= 4 is 23.1 Å². The number of hydrogen-bond acceptors (Lipinski definition) is 5. The van der Waals surface area contributed by atoms with E-state index >= 15 is 0 Å².